The topological polar surface area (TPSA) is 12.9 Å². The number of halogens is 1. The Morgan fingerprint density at radius 3 is 2.62 bits per heavy atom. The lowest BCUT2D eigenvalue weighted by Gasteiger charge is -2.13. The zero-order chi connectivity index (χ0) is 11.2. The van der Waals surface area contributed by atoms with Crippen LogP contribution in [0.1, 0.15) is 44.1 Å². The molecule has 0 radical (unpaired) electrons. The molecular formula is C14H20BrN. The summed E-state index contributed by atoms with van der Waals surface area (Å²) in [4.78, 5) is 4.68. The van der Waals surface area contributed by atoms with Crippen LogP contribution in [0.25, 0.3) is 0 Å². The van der Waals surface area contributed by atoms with Crippen molar-refractivity contribution in [1.82, 2.24) is 4.98 Å². The van der Waals surface area contributed by atoms with Gasteiger partial charge in [0.2, 0.25) is 0 Å². The van der Waals surface area contributed by atoms with E-state index >= 15 is 0 Å². The van der Waals surface area contributed by atoms with Crippen molar-refractivity contribution < 1.29 is 0 Å². The number of alkyl halides is 1. The van der Waals surface area contributed by atoms with E-state index < -0.39 is 0 Å². The van der Waals surface area contributed by atoms with Crippen LogP contribution in [0.3, 0.4) is 0 Å². The molecule has 0 amide bonds. The average Bonchev–Trinajstić information content (AvgIpc) is 2.81. The van der Waals surface area contributed by atoms with Gasteiger partial charge in [-0.2, -0.15) is 0 Å². The molecule has 1 aromatic heterocycles. The molecule has 0 saturated heterocycles. The second-order valence-corrected chi connectivity index (χ2v) is 6.18. The number of hydrogen-bond acceptors (Lipinski definition) is 1. The quantitative estimate of drug-likeness (QED) is 0.731. The van der Waals surface area contributed by atoms with Gasteiger partial charge in [0.1, 0.15) is 0 Å². The van der Waals surface area contributed by atoms with Crippen molar-refractivity contribution in [2.45, 2.75) is 49.8 Å². The molecule has 0 aromatic carbocycles. The van der Waals surface area contributed by atoms with Crippen molar-refractivity contribution in [1.29, 1.82) is 0 Å². The number of aromatic nitrogens is 1. The van der Waals surface area contributed by atoms with E-state index in [4.69, 9.17) is 0 Å². The molecule has 0 aliphatic heterocycles. The van der Waals surface area contributed by atoms with E-state index in [-0.39, 0.29) is 0 Å². The van der Waals surface area contributed by atoms with Crippen LogP contribution in [0.4, 0.5) is 0 Å². The van der Waals surface area contributed by atoms with E-state index in [0.29, 0.717) is 4.83 Å². The monoisotopic (exact) mass is 281 g/mol. The maximum atomic E-state index is 4.05. The third kappa shape index (κ3) is 3.89. The summed E-state index contributed by atoms with van der Waals surface area (Å²) in [6, 6.07) is 4.23. The molecule has 1 saturated carbocycles. The van der Waals surface area contributed by atoms with Gasteiger partial charge in [-0.3, -0.25) is 4.98 Å². The molecule has 0 spiro atoms. The van der Waals surface area contributed by atoms with E-state index in [9.17, 15) is 0 Å². The Morgan fingerprint density at radius 1 is 1.25 bits per heavy atom. The van der Waals surface area contributed by atoms with Crippen LogP contribution < -0.4 is 0 Å². The predicted molar refractivity (Wildman–Crippen MR) is 71.8 cm³/mol. The normalized spacial score (nSPS) is 18.8. The first-order valence-electron chi connectivity index (χ1n) is 6.37. The minimum absolute atomic E-state index is 0.635. The first-order chi connectivity index (χ1) is 7.84. The summed E-state index contributed by atoms with van der Waals surface area (Å²) in [6.07, 6.45) is 13.5. The maximum absolute atomic E-state index is 4.05. The molecule has 1 fully saturated rings. The van der Waals surface area contributed by atoms with Crippen molar-refractivity contribution >= 4 is 15.9 Å². The van der Waals surface area contributed by atoms with E-state index in [1.807, 2.05) is 12.4 Å². The van der Waals surface area contributed by atoms with Gasteiger partial charge in [-0.15, -0.1) is 0 Å². The van der Waals surface area contributed by atoms with Gasteiger partial charge in [0.25, 0.3) is 0 Å². The van der Waals surface area contributed by atoms with Crippen molar-refractivity contribution in [3.8, 4) is 0 Å². The first-order valence-corrected chi connectivity index (χ1v) is 7.29. The number of nitrogens with zero attached hydrogens (tertiary/aromatic N) is 1. The van der Waals surface area contributed by atoms with Crippen LogP contribution in [0.15, 0.2) is 24.5 Å². The third-order valence-electron chi connectivity index (χ3n) is 3.57. The summed E-state index contributed by atoms with van der Waals surface area (Å²) < 4.78 is 0. The molecule has 88 valence electrons. The molecule has 0 N–H and O–H groups in total. The van der Waals surface area contributed by atoms with Crippen LogP contribution in [0, 0.1) is 5.92 Å². The molecule has 1 unspecified atom stereocenters. The Bertz CT molecular complexity index is 293. The van der Waals surface area contributed by atoms with E-state index in [1.54, 1.807) is 0 Å². The van der Waals surface area contributed by atoms with E-state index in [2.05, 4.69) is 33.0 Å². The molecule has 16 heavy (non-hydrogen) atoms. The number of pyridine rings is 1. The fraction of sp³-hybridized carbons (Fsp3) is 0.643. The molecule has 1 atom stereocenters. The fourth-order valence-electron chi connectivity index (χ4n) is 2.59. The highest BCUT2D eigenvalue weighted by Crippen LogP contribution is 2.30. The first kappa shape index (κ1) is 12.1. The molecule has 0 bridgehead atoms. The fourth-order valence-corrected chi connectivity index (χ4v) is 3.23. The second kappa shape index (κ2) is 6.39. The van der Waals surface area contributed by atoms with E-state index in [1.165, 1.54) is 44.1 Å². The molecule has 1 aromatic rings. The molecule has 1 aliphatic carbocycles. The Labute approximate surface area is 107 Å². The van der Waals surface area contributed by atoms with E-state index in [0.717, 1.165) is 12.3 Å². The Hall–Kier alpha value is -0.370. The van der Waals surface area contributed by atoms with Gasteiger partial charge in [0.05, 0.1) is 0 Å². The predicted octanol–water partition coefficient (Wildman–Crippen LogP) is 4.36. The highest BCUT2D eigenvalue weighted by molar-refractivity contribution is 9.09. The van der Waals surface area contributed by atoms with Gasteiger partial charge in [0.15, 0.2) is 0 Å². The smallest absolute Gasteiger partial charge is 0.0270 e. The summed E-state index contributed by atoms with van der Waals surface area (Å²) in [6.45, 7) is 0. The highest BCUT2D eigenvalue weighted by atomic mass is 79.9. The second-order valence-electron chi connectivity index (χ2n) is 4.88. The zero-order valence-corrected chi connectivity index (χ0v) is 11.3. The summed E-state index contributed by atoms with van der Waals surface area (Å²) in [5.74, 6) is 1.01. The SMILES string of the molecule is BrC(CCC1CCCC1)Cc1ccncc1. The van der Waals surface area contributed by atoms with Crippen molar-refractivity contribution in [2.75, 3.05) is 0 Å². The Kier molecular flexibility index (Phi) is 4.83. The van der Waals surface area contributed by atoms with Gasteiger partial charge in [-0.25, -0.2) is 0 Å². The molecular weight excluding hydrogens is 262 g/mol. The summed E-state index contributed by atoms with van der Waals surface area (Å²) in [5, 5.41) is 0. The highest BCUT2D eigenvalue weighted by Gasteiger charge is 2.16. The van der Waals surface area contributed by atoms with Crippen LogP contribution >= 0.6 is 15.9 Å². The molecule has 1 aliphatic rings. The minimum atomic E-state index is 0.635. The largest absolute Gasteiger partial charge is 0.265 e. The van der Waals surface area contributed by atoms with Crippen molar-refractivity contribution in [3.63, 3.8) is 0 Å². The van der Waals surface area contributed by atoms with Crippen LogP contribution in [0.5, 0.6) is 0 Å². The molecule has 2 rings (SSSR count). The van der Waals surface area contributed by atoms with Gasteiger partial charge >= 0.3 is 0 Å². The van der Waals surface area contributed by atoms with Crippen molar-refractivity contribution in [3.05, 3.63) is 30.1 Å². The third-order valence-corrected chi connectivity index (χ3v) is 4.35. The van der Waals surface area contributed by atoms with Gasteiger partial charge in [-0.05, 0) is 42.9 Å². The zero-order valence-electron chi connectivity index (χ0n) is 9.74. The van der Waals surface area contributed by atoms with Crippen molar-refractivity contribution in [2.24, 2.45) is 5.92 Å². The molecule has 1 heterocycles. The van der Waals surface area contributed by atoms with Gasteiger partial charge in [-0.1, -0.05) is 41.6 Å². The molecule has 1 nitrogen and oxygen atoms in total. The summed E-state index contributed by atoms with van der Waals surface area (Å²) in [5.41, 5.74) is 1.39. The lowest BCUT2D eigenvalue weighted by atomic mass is 9.99. The number of rotatable bonds is 5. The molecule has 2 heteroatoms. The standard InChI is InChI=1S/C14H20BrN/c15-14(6-5-12-3-1-2-4-12)11-13-7-9-16-10-8-13/h7-10,12,14H,1-6,11H2. The average molecular weight is 282 g/mol. The minimum Gasteiger partial charge on any atom is -0.265 e. The van der Waals surface area contributed by atoms with Crippen LogP contribution in [0.2, 0.25) is 0 Å². The van der Waals surface area contributed by atoms with Gasteiger partial charge < -0.3 is 0 Å². The van der Waals surface area contributed by atoms with Crippen LogP contribution in [-0.2, 0) is 6.42 Å². The lowest BCUT2D eigenvalue weighted by molar-refractivity contribution is 0.479. The Balaban J connectivity index is 1.69. The Morgan fingerprint density at radius 2 is 1.94 bits per heavy atom. The lowest BCUT2D eigenvalue weighted by Crippen LogP contribution is -2.05. The maximum Gasteiger partial charge on any atom is 0.0270 e. The van der Waals surface area contributed by atoms with Gasteiger partial charge in [0, 0.05) is 17.2 Å². The van der Waals surface area contributed by atoms with Crippen LogP contribution in [-0.4, -0.2) is 9.81 Å². The summed E-state index contributed by atoms with van der Waals surface area (Å²) in [7, 11) is 0. The number of hydrogen-bond donors (Lipinski definition) is 0. The summed E-state index contributed by atoms with van der Waals surface area (Å²) >= 11 is 3.80.